The van der Waals surface area contributed by atoms with Crippen LogP contribution < -0.4 is 0 Å². The predicted molar refractivity (Wildman–Crippen MR) is 109 cm³/mol. The number of nitrogens with zero attached hydrogens (tertiary/aromatic N) is 2. The topological polar surface area (TPSA) is 140 Å². The van der Waals surface area contributed by atoms with Crippen molar-refractivity contribution in [1.82, 2.24) is 9.80 Å². The number of hydrogen-bond acceptors (Lipinski definition) is 8. The quantitative estimate of drug-likeness (QED) is 0.437. The highest BCUT2D eigenvalue weighted by Crippen LogP contribution is 2.16. The van der Waals surface area contributed by atoms with E-state index in [4.69, 9.17) is 9.47 Å². The number of rotatable bonds is 0. The molecule has 2 aliphatic heterocycles. The molecule has 0 radical (unpaired) electrons. The van der Waals surface area contributed by atoms with Crippen molar-refractivity contribution in [2.45, 2.75) is 90.0 Å². The fourth-order valence-electron chi connectivity index (χ4n) is 3.04. The van der Waals surface area contributed by atoms with Crippen molar-refractivity contribution in [2.75, 3.05) is 26.2 Å². The second kappa shape index (κ2) is 10.6. The van der Waals surface area contributed by atoms with Gasteiger partial charge in [0.2, 0.25) is 0 Å². The molecule has 0 aromatic heterocycles. The van der Waals surface area contributed by atoms with Crippen molar-refractivity contribution < 1.29 is 39.5 Å². The monoisotopic (exact) mass is 434 g/mol. The minimum atomic E-state index is -0.665. The number of carbonyl (C=O) groups excluding carboxylic acids is 2. The second-order valence-electron chi connectivity index (χ2n) is 9.86. The molecule has 4 atom stereocenters. The van der Waals surface area contributed by atoms with Gasteiger partial charge in [-0.3, -0.25) is 0 Å². The minimum Gasteiger partial charge on any atom is -0.444 e. The number of likely N-dealkylation sites (tertiary alicyclic amines) is 2. The zero-order chi connectivity index (χ0) is 23.3. The van der Waals surface area contributed by atoms with Gasteiger partial charge in [0.25, 0.3) is 0 Å². The summed E-state index contributed by atoms with van der Waals surface area (Å²) in [6.45, 7) is 11.6. The Labute approximate surface area is 178 Å². The Hall–Kier alpha value is -1.62. The van der Waals surface area contributed by atoms with E-state index in [1.54, 1.807) is 41.5 Å². The SMILES string of the molecule is CC(C)(C)OC(=O)N1C[C@@H](O)C[C@H](O)C1.CC(C)(C)OC(=O)N1C[C@H](O)C[C@@H](O)C1. The lowest BCUT2D eigenvalue weighted by atomic mass is 10.1. The Balaban J connectivity index is 0.000000300. The predicted octanol–water partition coefficient (Wildman–Crippen LogP) is 0.698. The first kappa shape index (κ1) is 26.4. The van der Waals surface area contributed by atoms with Crippen molar-refractivity contribution in [3.8, 4) is 0 Å². The molecule has 2 saturated heterocycles. The molecule has 2 heterocycles. The summed E-state index contributed by atoms with van der Waals surface area (Å²) in [5.74, 6) is 0. The van der Waals surface area contributed by atoms with Crippen LogP contribution in [0.5, 0.6) is 0 Å². The van der Waals surface area contributed by atoms with E-state index in [9.17, 15) is 30.0 Å². The van der Waals surface area contributed by atoms with Gasteiger partial charge in [-0.2, -0.15) is 0 Å². The molecule has 2 amide bonds. The zero-order valence-corrected chi connectivity index (χ0v) is 18.9. The number of carbonyl (C=O) groups is 2. The van der Waals surface area contributed by atoms with E-state index >= 15 is 0 Å². The summed E-state index contributed by atoms with van der Waals surface area (Å²) >= 11 is 0. The number of aliphatic hydroxyl groups is 4. The van der Waals surface area contributed by atoms with Crippen LogP contribution in [0, 0.1) is 0 Å². The number of aliphatic hydroxyl groups excluding tert-OH is 4. The highest BCUT2D eigenvalue weighted by molar-refractivity contribution is 5.68. The first-order valence-electron chi connectivity index (χ1n) is 10.2. The van der Waals surface area contributed by atoms with Crippen LogP contribution >= 0.6 is 0 Å². The van der Waals surface area contributed by atoms with Gasteiger partial charge in [-0.15, -0.1) is 0 Å². The molecule has 2 aliphatic rings. The molecule has 0 unspecified atom stereocenters. The molecule has 30 heavy (non-hydrogen) atoms. The lowest BCUT2D eigenvalue weighted by molar-refractivity contribution is -0.0294. The van der Waals surface area contributed by atoms with Gasteiger partial charge in [-0.05, 0) is 41.5 Å². The standard InChI is InChI=1S/2C10H19NO4/c2*1-10(2,3)15-9(14)11-5-7(12)4-8(13)6-11/h2*7-8,12-13H,4-6H2,1-3H3/t2*7-,8-/m10/s1. The maximum Gasteiger partial charge on any atom is 0.410 e. The Bertz CT molecular complexity index is 502. The Morgan fingerprint density at radius 3 is 1.07 bits per heavy atom. The Kier molecular flexibility index (Phi) is 9.34. The minimum absolute atomic E-state index is 0.228. The highest BCUT2D eigenvalue weighted by Gasteiger charge is 2.31. The summed E-state index contributed by atoms with van der Waals surface area (Å²) < 4.78 is 10.3. The van der Waals surface area contributed by atoms with Crippen molar-refractivity contribution in [3.05, 3.63) is 0 Å². The summed E-state index contributed by atoms with van der Waals surface area (Å²) in [6.07, 6.45) is -3.00. The van der Waals surface area contributed by atoms with Gasteiger partial charge < -0.3 is 39.7 Å². The summed E-state index contributed by atoms with van der Waals surface area (Å²) in [5, 5.41) is 37.6. The summed E-state index contributed by atoms with van der Waals surface area (Å²) in [5.41, 5.74) is -1.10. The highest BCUT2D eigenvalue weighted by atomic mass is 16.6. The van der Waals surface area contributed by atoms with Crippen LogP contribution in [0.25, 0.3) is 0 Å². The third-order valence-electron chi connectivity index (χ3n) is 4.12. The number of amides is 2. The van der Waals surface area contributed by atoms with Gasteiger partial charge in [0.05, 0.1) is 50.6 Å². The normalized spacial score (nSPS) is 27.7. The van der Waals surface area contributed by atoms with Crippen LogP contribution in [0.1, 0.15) is 54.4 Å². The molecule has 10 heteroatoms. The van der Waals surface area contributed by atoms with Gasteiger partial charge in [0.15, 0.2) is 0 Å². The maximum atomic E-state index is 11.6. The lowest BCUT2D eigenvalue weighted by Crippen LogP contribution is -2.49. The third-order valence-corrected chi connectivity index (χ3v) is 4.12. The molecule has 0 aliphatic carbocycles. The zero-order valence-electron chi connectivity index (χ0n) is 18.9. The van der Waals surface area contributed by atoms with E-state index in [-0.39, 0.29) is 26.2 Å². The average Bonchev–Trinajstić information content (AvgIpc) is 2.50. The average molecular weight is 435 g/mol. The molecule has 176 valence electrons. The van der Waals surface area contributed by atoms with E-state index in [2.05, 4.69) is 0 Å². The smallest absolute Gasteiger partial charge is 0.410 e. The molecule has 2 rings (SSSR count). The number of piperidine rings is 2. The molecule has 0 bridgehead atoms. The largest absolute Gasteiger partial charge is 0.444 e. The van der Waals surface area contributed by atoms with Crippen molar-refractivity contribution >= 4 is 12.2 Å². The summed E-state index contributed by atoms with van der Waals surface area (Å²) in [6, 6.07) is 0. The van der Waals surface area contributed by atoms with Crippen LogP contribution in [0.3, 0.4) is 0 Å². The fraction of sp³-hybridized carbons (Fsp3) is 0.900. The van der Waals surface area contributed by atoms with Crippen LogP contribution in [0.2, 0.25) is 0 Å². The third kappa shape index (κ3) is 10.4. The van der Waals surface area contributed by atoms with Crippen molar-refractivity contribution in [1.29, 1.82) is 0 Å². The summed E-state index contributed by atoms with van der Waals surface area (Å²) in [4.78, 5) is 25.8. The molecule has 10 nitrogen and oxygen atoms in total. The van der Waals surface area contributed by atoms with E-state index in [0.717, 1.165) is 0 Å². The molecule has 0 aromatic carbocycles. The maximum absolute atomic E-state index is 11.6. The van der Waals surface area contributed by atoms with Crippen molar-refractivity contribution in [2.24, 2.45) is 0 Å². The van der Waals surface area contributed by atoms with Crippen molar-refractivity contribution in [3.63, 3.8) is 0 Å². The van der Waals surface area contributed by atoms with E-state index in [1.807, 2.05) is 0 Å². The van der Waals surface area contributed by atoms with Crippen LogP contribution in [0.15, 0.2) is 0 Å². The Morgan fingerprint density at radius 1 is 0.633 bits per heavy atom. The van der Waals surface area contributed by atoms with E-state index in [1.165, 1.54) is 9.80 Å². The molecular formula is C20H38N2O8. The first-order valence-corrected chi connectivity index (χ1v) is 10.2. The van der Waals surface area contributed by atoms with Gasteiger partial charge in [-0.1, -0.05) is 0 Å². The number of hydrogen-bond donors (Lipinski definition) is 4. The second-order valence-corrected chi connectivity index (χ2v) is 9.86. The lowest BCUT2D eigenvalue weighted by Gasteiger charge is -2.34. The Morgan fingerprint density at radius 2 is 0.867 bits per heavy atom. The molecule has 4 N–H and O–H groups in total. The van der Waals surface area contributed by atoms with E-state index < -0.39 is 47.8 Å². The molecular weight excluding hydrogens is 396 g/mol. The van der Waals surface area contributed by atoms with Crippen LogP contribution in [-0.2, 0) is 9.47 Å². The number of β-amino-alcohol motifs (C(OH)–C–C–N with tert-alkyl or cyclic N) is 4. The van der Waals surface area contributed by atoms with Crippen LogP contribution in [-0.4, -0.2) is 104 Å². The van der Waals surface area contributed by atoms with Gasteiger partial charge in [-0.25, -0.2) is 9.59 Å². The van der Waals surface area contributed by atoms with Gasteiger partial charge in [0, 0.05) is 12.8 Å². The van der Waals surface area contributed by atoms with Gasteiger partial charge >= 0.3 is 12.2 Å². The first-order chi connectivity index (χ1) is 13.6. The molecule has 2 fully saturated rings. The number of ether oxygens (including phenoxy) is 2. The molecule has 0 saturated carbocycles. The summed E-state index contributed by atoms with van der Waals surface area (Å²) in [7, 11) is 0. The molecule has 0 aromatic rings. The van der Waals surface area contributed by atoms with Gasteiger partial charge in [0.1, 0.15) is 11.2 Å². The fourth-order valence-corrected chi connectivity index (χ4v) is 3.04. The molecule has 0 spiro atoms. The van der Waals surface area contributed by atoms with E-state index in [0.29, 0.717) is 12.8 Å². The van der Waals surface area contributed by atoms with Crippen LogP contribution in [0.4, 0.5) is 9.59 Å².